The van der Waals surface area contributed by atoms with Crippen molar-refractivity contribution in [3.63, 3.8) is 0 Å². The summed E-state index contributed by atoms with van der Waals surface area (Å²) in [6, 6.07) is 8.60. The monoisotopic (exact) mass is 229 g/mol. The number of pyridine rings is 1. The van der Waals surface area contributed by atoms with E-state index in [1.807, 2.05) is 24.3 Å². The van der Waals surface area contributed by atoms with E-state index in [1.54, 1.807) is 13.3 Å². The lowest BCUT2D eigenvalue weighted by Crippen LogP contribution is -2.14. The summed E-state index contributed by atoms with van der Waals surface area (Å²) in [6.07, 6.45) is 2.83. The van der Waals surface area contributed by atoms with Crippen LogP contribution in [0.4, 0.5) is 5.82 Å². The van der Waals surface area contributed by atoms with Gasteiger partial charge < -0.3 is 15.8 Å². The molecule has 2 aromatic rings. The molecule has 4 heteroatoms. The van der Waals surface area contributed by atoms with Crippen molar-refractivity contribution >= 4 is 16.6 Å². The number of nitrogens with one attached hydrogen (secondary N) is 1. The Morgan fingerprint density at radius 1 is 1.41 bits per heavy atom. The van der Waals surface area contributed by atoms with E-state index in [-0.39, 0.29) is 6.04 Å². The number of methoxy groups -OCH3 is 1. The number of benzene rings is 1. The maximum atomic E-state index is 5.79. The molecular formula is C13H15N3O. The van der Waals surface area contributed by atoms with E-state index in [1.165, 1.54) is 0 Å². The number of aromatic nitrogens is 1. The van der Waals surface area contributed by atoms with E-state index >= 15 is 0 Å². The second-order valence-electron chi connectivity index (χ2n) is 4.40. The Labute approximate surface area is 99.8 Å². The smallest absolute Gasteiger partial charge is 0.134 e. The Kier molecular flexibility index (Phi) is 2.37. The zero-order valence-corrected chi connectivity index (χ0v) is 9.68. The minimum atomic E-state index is 0.269. The van der Waals surface area contributed by atoms with E-state index in [2.05, 4.69) is 10.3 Å². The van der Waals surface area contributed by atoms with Crippen LogP contribution in [0.2, 0.25) is 0 Å². The average Bonchev–Trinajstić information content (AvgIpc) is 3.04. The molecule has 0 radical (unpaired) electrons. The molecule has 3 rings (SSSR count). The minimum absolute atomic E-state index is 0.269. The Bertz CT molecular complexity index is 555. The van der Waals surface area contributed by atoms with Crippen molar-refractivity contribution in [2.75, 3.05) is 12.4 Å². The van der Waals surface area contributed by atoms with Crippen molar-refractivity contribution in [1.29, 1.82) is 0 Å². The van der Waals surface area contributed by atoms with Crippen molar-refractivity contribution < 1.29 is 4.74 Å². The van der Waals surface area contributed by atoms with Gasteiger partial charge in [0.2, 0.25) is 0 Å². The Morgan fingerprint density at radius 2 is 2.24 bits per heavy atom. The van der Waals surface area contributed by atoms with E-state index in [9.17, 15) is 0 Å². The molecule has 1 aromatic heterocycles. The largest absolute Gasteiger partial charge is 0.497 e. The van der Waals surface area contributed by atoms with Crippen LogP contribution < -0.4 is 15.8 Å². The van der Waals surface area contributed by atoms with Gasteiger partial charge in [0.25, 0.3) is 0 Å². The number of fused-ring (bicyclic) bond motifs is 1. The van der Waals surface area contributed by atoms with Crippen LogP contribution in [-0.4, -0.2) is 24.2 Å². The van der Waals surface area contributed by atoms with Gasteiger partial charge in [-0.05, 0) is 36.1 Å². The molecule has 4 nitrogen and oxygen atoms in total. The summed E-state index contributed by atoms with van der Waals surface area (Å²) < 4.78 is 5.21. The first kappa shape index (κ1) is 10.4. The Hall–Kier alpha value is -1.81. The van der Waals surface area contributed by atoms with Crippen LogP contribution in [0.5, 0.6) is 5.75 Å². The van der Waals surface area contributed by atoms with Gasteiger partial charge in [-0.3, -0.25) is 0 Å². The number of anilines is 1. The van der Waals surface area contributed by atoms with E-state index in [0.29, 0.717) is 6.04 Å². The van der Waals surface area contributed by atoms with Crippen LogP contribution in [0.15, 0.2) is 30.5 Å². The zero-order chi connectivity index (χ0) is 11.8. The van der Waals surface area contributed by atoms with Gasteiger partial charge in [0.15, 0.2) is 0 Å². The first-order chi connectivity index (χ1) is 8.28. The summed E-state index contributed by atoms with van der Waals surface area (Å²) in [6.45, 7) is 0. The van der Waals surface area contributed by atoms with Crippen LogP contribution in [0, 0.1) is 0 Å². The topological polar surface area (TPSA) is 60.2 Å². The van der Waals surface area contributed by atoms with Gasteiger partial charge in [-0.2, -0.15) is 0 Å². The molecule has 1 fully saturated rings. The summed E-state index contributed by atoms with van der Waals surface area (Å²) in [5, 5.41) is 5.59. The predicted octanol–water partition coefficient (Wildman–Crippen LogP) is 1.75. The molecule has 88 valence electrons. The molecule has 1 heterocycles. The lowest BCUT2D eigenvalue weighted by Gasteiger charge is -2.08. The van der Waals surface area contributed by atoms with Crippen molar-refractivity contribution in [3.8, 4) is 5.75 Å². The molecule has 0 aliphatic heterocycles. The maximum absolute atomic E-state index is 5.79. The second kappa shape index (κ2) is 3.89. The summed E-state index contributed by atoms with van der Waals surface area (Å²) in [4.78, 5) is 4.37. The molecule has 0 saturated heterocycles. The van der Waals surface area contributed by atoms with E-state index < -0.39 is 0 Å². The lowest BCUT2D eigenvalue weighted by molar-refractivity contribution is 0.415. The number of hydrogen-bond acceptors (Lipinski definition) is 4. The first-order valence-corrected chi connectivity index (χ1v) is 5.73. The molecule has 2 atom stereocenters. The highest BCUT2D eigenvalue weighted by Gasteiger charge is 2.33. The lowest BCUT2D eigenvalue weighted by atomic mass is 10.1. The predicted molar refractivity (Wildman–Crippen MR) is 68.3 cm³/mol. The van der Waals surface area contributed by atoms with Crippen LogP contribution >= 0.6 is 0 Å². The third kappa shape index (κ3) is 1.91. The third-order valence-electron chi connectivity index (χ3n) is 3.13. The summed E-state index contributed by atoms with van der Waals surface area (Å²) in [7, 11) is 1.67. The second-order valence-corrected chi connectivity index (χ2v) is 4.40. The summed E-state index contributed by atoms with van der Waals surface area (Å²) in [5.41, 5.74) is 5.79. The fourth-order valence-electron chi connectivity index (χ4n) is 1.95. The third-order valence-corrected chi connectivity index (χ3v) is 3.13. The van der Waals surface area contributed by atoms with Crippen molar-refractivity contribution in [2.24, 2.45) is 5.73 Å². The van der Waals surface area contributed by atoms with Crippen LogP contribution in [-0.2, 0) is 0 Å². The van der Waals surface area contributed by atoms with Crippen molar-refractivity contribution in [1.82, 2.24) is 4.98 Å². The minimum Gasteiger partial charge on any atom is -0.497 e. The fraction of sp³-hybridized carbons (Fsp3) is 0.308. The molecule has 0 spiro atoms. The highest BCUT2D eigenvalue weighted by molar-refractivity contribution is 5.92. The standard InChI is InChI=1S/C13H15N3O/c1-17-9-2-3-10-8(6-9)4-5-15-13(10)16-12-7-11(12)14/h2-6,11-12H,7,14H2,1H3,(H,15,16). The van der Waals surface area contributed by atoms with Crippen LogP contribution in [0.1, 0.15) is 6.42 Å². The number of nitrogens with zero attached hydrogens (tertiary/aromatic N) is 1. The SMILES string of the molecule is COc1ccc2c(NC3CC3N)nccc2c1. The fourth-order valence-corrected chi connectivity index (χ4v) is 1.95. The van der Waals surface area contributed by atoms with Crippen molar-refractivity contribution in [2.45, 2.75) is 18.5 Å². The maximum Gasteiger partial charge on any atom is 0.134 e. The zero-order valence-electron chi connectivity index (χ0n) is 9.68. The van der Waals surface area contributed by atoms with Gasteiger partial charge in [0, 0.05) is 23.7 Å². The molecule has 0 bridgehead atoms. The first-order valence-electron chi connectivity index (χ1n) is 5.73. The summed E-state index contributed by atoms with van der Waals surface area (Å²) in [5.74, 6) is 1.76. The molecular weight excluding hydrogens is 214 g/mol. The molecule has 2 unspecified atom stereocenters. The molecule has 1 aromatic carbocycles. The Morgan fingerprint density at radius 3 is 2.94 bits per heavy atom. The summed E-state index contributed by atoms with van der Waals surface area (Å²) >= 11 is 0. The average molecular weight is 229 g/mol. The molecule has 1 saturated carbocycles. The van der Waals surface area contributed by atoms with E-state index in [4.69, 9.17) is 10.5 Å². The highest BCUT2D eigenvalue weighted by atomic mass is 16.5. The van der Waals surface area contributed by atoms with Gasteiger partial charge in [0.05, 0.1) is 7.11 Å². The molecule has 1 aliphatic rings. The van der Waals surface area contributed by atoms with Gasteiger partial charge in [0.1, 0.15) is 11.6 Å². The highest BCUT2D eigenvalue weighted by Crippen LogP contribution is 2.29. The molecule has 0 amide bonds. The Balaban J connectivity index is 2.00. The van der Waals surface area contributed by atoms with Crippen molar-refractivity contribution in [3.05, 3.63) is 30.5 Å². The van der Waals surface area contributed by atoms with Crippen LogP contribution in [0.3, 0.4) is 0 Å². The molecule has 1 aliphatic carbocycles. The number of ether oxygens (including phenoxy) is 1. The van der Waals surface area contributed by atoms with Gasteiger partial charge >= 0.3 is 0 Å². The molecule has 17 heavy (non-hydrogen) atoms. The molecule has 3 N–H and O–H groups in total. The quantitative estimate of drug-likeness (QED) is 0.841. The van der Waals surface area contributed by atoms with Gasteiger partial charge in [-0.15, -0.1) is 0 Å². The number of rotatable bonds is 3. The van der Waals surface area contributed by atoms with E-state index in [0.717, 1.165) is 28.8 Å². The van der Waals surface area contributed by atoms with Gasteiger partial charge in [-0.1, -0.05) is 0 Å². The van der Waals surface area contributed by atoms with Crippen LogP contribution in [0.25, 0.3) is 10.8 Å². The van der Waals surface area contributed by atoms with Gasteiger partial charge in [-0.25, -0.2) is 4.98 Å². The number of nitrogens with two attached hydrogens (primary N) is 1. The normalized spacial score (nSPS) is 22.5. The number of hydrogen-bond donors (Lipinski definition) is 2.